The highest BCUT2D eigenvalue weighted by Crippen LogP contribution is 2.18. The number of nitrogens with zero attached hydrogens (tertiary/aromatic N) is 2. The second-order valence-electron chi connectivity index (χ2n) is 17.5. The van der Waals surface area contributed by atoms with E-state index in [1.165, 1.54) is 0 Å². The van der Waals surface area contributed by atoms with Crippen LogP contribution < -0.4 is 37.2 Å². The van der Waals surface area contributed by atoms with Crippen LogP contribution in [0.3, 0.4) is 0 Å². The van der Waals surface area contributed by atoms with Crippen LogP contribution >= 0.6 is 0 Å². The third-order valence-corrected chi connectivity index (χ3v) is 11.0. The SMILES string of the molecule is CC(N=O)C(C)(C)NCCC(CCNC(=O)CCCC(=O)NCCOCCOCCOCCNC(=O)COCC(=O)NCCOCCOCCOCCNC(=O)COCC=O)CCNC(C)(C)C(C)N=O. The van der Waals surface area contributed by atoms with Gasteiger partial charge in [0.25, 0.3) is 0 Å². The smallest absolute Gasteiger partial charge is 0.246 e. The molecule has 0 rings (SSSR count). The molecule has 25 nitrogen and oxygen atoms in total. The molecule has 0 fully saturated rings. The number of ether oxygens (including phenoxy) is 8. The molecule has 0 heterocycles. The van der Waals surface area contributed by atoms with Gasteiger partial charge in [0, 0.05) is 56.6 Å². The molecule has 0 aliphatic carbocycles. The Labute approximate surface area is 419 Å². The van der Waals surface area contributed by atoms with Crippen molar-refractivity contribution in [3.8, 4) is 0 Å². The van der Waals surface area contributed by atoms with E-state index >= 15 is 0 Å². The third kappa shape index (κ3) is 41.0. The van der Waals surface area contributed by atoms with Crippen LogP contribution in [-0.2, 0) is 66.7 Å². The highest BCUT2D eigenvalue weighted by molar-refractivity contribution is 5.80. The lowest BCUT2D eigenvalue weighted by Crippen LogP contribution is -2.48. The molecule has 0 aromatic rings. The van der Waals surface area contributed by atoms with Gasteiger partial charge in [-0.1, -0.05) is 10.4 Å². The van der Waals surface area contributed by atoms with Gasteiger partial charge in [-0.05, 0) is 86.2 Å². The molecule has 0 bridgehead atoms. The minimum Gasteiger partial charge on any atom is -0.377 e. The molecule has 2 atom stereocenters. The zero-order chi connectivity index (χ0) is 52.9. The number of nitrogens with one attached hydrogen (secondary N) is 7. The van der Waals surface area contributed by atoms with Crippen LogP contribution in [0.1, 0.15) is 80.1 Å². The third-order valence-electron chi connectivity index (χ3n) is 11.0. The van der Waals surface area contributed by atoms with Crippen LogP contribution in [0.25, 0.3) is 0 Å². The minimum atomic E-state index is -0.446. The van der Waals surface area contributed by atoms with Crippen molar-refractivity contribution < 1.29 is 66.7 Å². The number of carbonyl (C=O) groups excluding carboxylic acids is 6. The van der Waals surface area contributed by atoms with Gasteiger partial charge in [0.2, 0.25) is 29.5 Å². The first-order chi connectivity index (χ1) is 34.1. The summed E-state index contributed by atoms with van der Waals surface area (Å²) in [7, 11) is 0. The lowest BCUT2D eigenvalue weighted by Gasteiger charge is -2.31. The number of nitroso groups, excluding NO2 is 2. The topological polar surface area (TPSA) is 319 Å². The maximum absolute atomic E-state index is 12.5. The molecule has 0 aromatic heterocycles. The standard InChI is InChI=1S/C46H87N9O16/c1-37(54-62)45(3,4)52-14-11-39(12-15-53-46(5,6)38(2)55-63)10-13-47-40(57)8-7-9-41(58)48-16-21-64-26-30-68-32-28-66-23-18-50-43(60)35-71-36-44(61)51-19-24-67-29-33-69-31-27-65-22-17-49-42(59)34-70-25-20-56/h20,37-39,52-53H,7-19,21-36H2,1-6H3,(H,47,57)(H,48,58)(H,49,59)(H,50,60)(H,51,61). The van der Waals surface area contributed by atoms with E-state index in [1.807, 2.05) is 27.7 Å². The lowest BCUT2D eigenvalue weighted by atomic mass is 9.92. The average Bonchev–Trinajstić information content (AvgIpc) is 3.33. The largest absolute Gasteiger partial charge is 0.377 e. The van der Waals surface area contributed by atoms with Gasteiger partial charge in [-0.15, -0.1) is 0 Å². The maximum Gasteiger partial charge on any atom is 0.246 e. The maximum atomic E-state index is 12.5. The summed E-state index contributed by atoms with van der Waals surface area (Å²) in [6, 6.07) is -0.778. The summed E-state index contributed by atoms with van der Waals surface area (Å²) in [5.41, 5.74) is -0.892. The second kappa shape index (κ2) is 44.5. The van der Waals surface area contributed by atoms with E-state index in [2.05, 4.69) is 47.6 Å². The van der Waals surface area contributed by atoms with Crippen molar-refractivity contribution in [3.63, 3.8) is 0 Å². The van der Waals surface area contributed by atoms with Gasteiger partial charge < -0.3 is 79.9 Å². The number of amides is 5. The van der Waals surface area contributed by atoms with E-state index in [-0.39, 0.29) is 113 Å². The summed E-state index contributed by atoms with van der Waals surface area (Å²) in [6.45, 7) is 17.3. The Morgan fingerprint density at radius 2 is 0.746 bits per heavy atom. The Bertz CT molecular complexity index is 1420. The monoisotopic (exact) mass is 1020 g/mol. The normalized spacial score (nSPS) is 12.9. The van der Waals surface area contributed by atoms with E-state index < -0.39 is 11.1 Å². The van der Waals surface area contributed by atoms with Crippen molar-refractivity contribution in [1.29, 1.82) is 0 Å². The van der Waals surface area contributed by atoms with Gasteiger partial charge in [-0.3, -0.25) is 24.0 Å². The summed E-state index contributed by atoms with van der Waals surface area (Å²) >= 11 is 0. The Balaban J connectivity index is 3.78. The predicted molar refractivity (Wildman–Crippen MR) is 264 cm³/mol. The van der Waals surface area contributed by atoms with Crippen molar-refractivity contribution in [1.82, 2.24) is 37.2 Å². The van der Waals surface area contributed by atoms with Crippen molar-refractivity contribution in [3.05, 3.63) is 9.81 Å². The predicted octanol–water partition coefficient (Wildman–Crippen LogP) is -0.0979. The molecule has 0 spiro atoms. The van der Waals surface area contributed by atoms with Crippen LogP contribution in [-0.4, -0.2) is 211 Å². The van der Waals surface area contributed by atoms with Gasteiger partial charge in [-0.2, -0.15) is 9.81 Å². The number of rotatable bonds is 51. The summed E-state index contributed by atoms with van der Waals surface area (Å²) in [5, 5.41) is 26.8. The molecular weight excluding hydrogens is 935 g/mol. The average molecular weight is 1020 g/mol. The summed E-state index contributed by atoms with van der Waals surface area (Å²) in [5.74, 6) is -1.12. The molecule has 0 aromatic carbocycles. The summed E-state index contributed by atoms with van der Waals surface area (Å²) < 4.78 is 42.4. The van der Waals surface area contributed by atoms with Crippen molar-refractivity contribution in [2.75, 3.05) is 152 Å². The zero-order valence-electron chi connectivity index (χ0n) is 43.2. The fourth-order valence-electron chi connectivity index (χ4n) is 5.91. The van der Waals surface area contributed by atoms with Gasteiger partial charge >= 0.3 is 0 Å². The van der Waals surface area contributed by atoms with Crippen molar-refractivity contribution in [2.45, 2.75) is 103 Å². The summed E-state index contributed by atoms with van der Waals surface area (Å²) in [4.78, 5) is 92.3. The zero-order valence-corrected chi connectivity index (χ0v) is 43.2. The Morgan fingerprint density at radius 1 is 0.437 bits per heavy atom. The van der Waals surface area contributed by atoms with Gasteiger partial charge in [-0.25, -0.2) is 0 Å². The van der Waals surface area contributed by atoms with E-state index in [1.54, 1.807) is 13.8 Å². The number of carbonyl (C=O) groups is 6. The van der Waals surface area contributed by atoms with Crippen LogP contribution in [0.4, 0.5) is 0 Å². The number of hydrogen-bond donors (Lipinski definition) is 7. The van der Waals surface area contributed by atoms with Crippen molar-refractivity contribution in [2.24, 2.45) is 16.3 Å². The highest BCUT2D eigenvalue weighted by Gasteiger charge is 2.28. The first-order valence-electron chi connectivity index (χ1n) is 24.6. The molecule has 0 saturated heterocycles. The summed E-state index contributed by atoms with van der Waals surface area (Å²) in [6.07, 6.45) is 3.84. The van der Waals surface area contributed by atoms with Crippen LogP contribution in [0, 0.1) is 15.7 Å². The number of hydrogen-bond acceptors (Lipinski definition) is 20. The van der Waals surface area contributed by atoms with Gasteiger partial charge in [0.15, 0.2) is 0 Å². The Morgan fingerprint density at radius 3 is 1.10 bits per heavy atom. The number of aldehydes is 1. The molecule has 71 heavy (non-hydrogen) atoms. The molecule has 7 N–H and O–H groups in total. The van der Waals surface area contributed by atoms with E-state index in [0.717, 1.165) is 19.3 Å². The first kappa shape index (κ1) is 66.8. The molecule has 0 radical (unpaired) electrons. The van der Waals surface area contributed by atoms with Gasteiger partial charge in [0.05, 0.1) is 79.3 Å². The molecule has 25 heteroatoms. The fourth-order valence-corrected chi connectivity index (χ4v) is 5.91. The van der Waals surface area contributed by atoms with Crippen molar-refractivity contribution >= 4 is 35.8 Å². The fraction of sp³-hybridized carbons (Fsp3) is 0.870. The molecule has 2 unspecified atom stereocenters. The molecule has 412 valence electrons. The first-order valence-corrected chi connectivity index (χ1v) is 24.6. The lowest BCUT2D eigenvalue weighted by molar-refractivity contribution is -0.131. The molecule has 0 aliphatic heterocycles. The molecule has 0 aliphatic rings. The van der Waals surface area contributed by atoms with E-state index in [9.17, 15) is 38.6 Å². The second-order valence-corrected chi connectivity index (χ2v) is 17.5. The van der Waals surface area contributed by atoms with E-state index in [4.69, 9.17) is 37.9 Å². The Hall–Kier alpha value is -4.18. The molecular formula is C46H87N9O16. The van der Waals surface area contributed by atoms with Crippen LogP contribution in [0.15, 0.2) is 10.4 Å². The Kier molecular flexibility index (Phi) is 41.9. The molecule has 0 saturated carbocycles. The van der Waals surface area contributed by atoms with Crippen LogP contribution in [0.2, 0.25) is 0 Å². The molecule has 5 amide bonds. The minimum absolute atomic E-state index is 0.116. The quantitative estimate of drug-likeness (QED) is 0.0238. The van der Waals surface area contributed by atoms with Gasteiger partial charge in [0.1, 0.15) is 44.8 Å². The van der Waals surface area contributed by atoms with Crippen LogP contribution in [0.5, 0.6) is 0 Å². The van der Waals surface area contributed by atoms with E-state index in [0.29, 0.717) is 111 Å². The highest BCUT2D eigenvalue weighted by atomic mass is 16.6.